The van der Waals surface area contributed by atoms with E-state index in [1.54, 1.807) is 10.8 Å². The molecule has 0 aliphatic rings. The van der Waals surface area contributed by atoms with Crippen LogP contribution in [0.15, 0.2) is 12.2 Å². The normalized spacial score (nSPS) is 10.9. The number of allylic oxidation sites excluding steroid dienone is 1. The first-order chi connectivity index (χ1) is 7.77. The van der Waals surface area contributed by atoms with E-state index in [1.807, 2.05) is 13.8 Å². The van der Waals surface area contributed by atoms with Crippen LogP contribution in [0.3, 0.4) is 0 Å². The zero-order valence-corrected chi connectivity index (χ0v) is 9.59. The quantitative estimate of drug-likeness (QED) is 0.534. The Balaban J connectivity index is 2.44. The van der Waals surface area contributed by atoms with Crippen molar-refractivity contribution in [3.8, 4) is 0 Å². The Morgan fingerprint density at radius 2 is 2.31 bits per heavy atom. The van der Waals surface area contributed by atoms with E-state index in [-0.39, 0.29) is 12.6 Å². The largest absolute Gasteiger partial charge is 0.454 e. The van der Waals surface area contributed by atoms with Gasteiger partial charge in [-0.25, -0.2) is 9.48 Å². The molecule has 6 heteroatoms. The lowest BCUT2D eigenvalue weighted by atomic mass is 10.4. The van der Waals surface area contributed by atoms with E-state index >= 15 is 0 Å². The van der Waals surface area contributed by atoms with Gasteiger partial charge < -0.3 is 4.74 Å². The molecule has 0 spiro atoms. The predicted molar refractivity (Wildman–Crippen MR) is 57.3 cm³/mol. The van der Waals surface area contributed by atoms with Gasteiger partial charge in [-0.15, -0.1) is 5.10 Å². The summed E-state index contributed by atoms with van der Waals surface area (Å²) in [7, 11) is 0. The third kappa shape index (κ3) is 3.80. The molecule has 0 saturated heterocycles. The van der Waals surface area contributed by atoms with Crippen LogP contribution >= 0.6 is 0 Å². The Morgan fingerprint density at radius 3 is 3.00 bits per heavy atom. The van der Waals surface area contributed by atoms with Crippen LogP contribution in [0.4, 0.5) is 0 Å². The summed E-state index contributed by atoms with van der Waals surface area (Å²) in [6, 6.07) is 0. The minimum absolute atomic E-state index is 0.111. The lowest BCUT2D eigenvalue weighted by Gasteiger charge is -2.02. The van der Waals surface area contributed by atoms with Gasteiger partial charge in [-0.3, -0.25) is 0 Å². The molecule has 0 fully saturated rings. The molecule has 0 radical (unpaired) electrons. The summed E-state index contributed by atoms with van der Waals surface area (Å²) in [6.45, 7) is 4.82. The van der Waals surface area contributed by atoms with Crippen molar-refractivity contribution >= 4 is 5.97 Å². The van der Waals surface area contributed by atoms with E-state index in [2.05, 4.69) is 15.5 Å². The summed E-state index contributed by atoms with van der Waals surface area (Å²) >= 11 is 0. The highest BCUT2D eigenvalue weighted by atomic mass is 16.5. The first-order valence-electron chi connectivity index (χ1n) is 5.36. The monoisotopic (exact) mass is 224 g/mol. The van der Waals surface area contributed by atoms with Gasteiger partial charge in [0.15, 0.2) is 12.4 Å². The Hall–Kier alpha value is -1.72. The third-order valence-electron chi connectivity index (χ3n) is 1.87. The Morgan fingerprint density at radius 1 is 1.50 bits per heavy atom. The Labute approximate surface area is 94.3 Å². The summed E-state index contributed by atoms with van der Waals surface area (Å²) in [5, 5.41) is 11.1. The molecule has 0 bridgehead atoms. The van der Waals surface area contributed by atoms with E-state index in [4.69, 9.17) is 4.74 Å². The molecule has 0 aliphatic heterocycles. The minimum atomic E-state index is -0.368. The fourth-order valence-corrected chi connectivity index (χ4v) is 1.11. The number of hydrogen-bond donors (Lipinski definition) is 0. The van der Waals surface area contributed by atoms with Crippen molar-refractivity contribution in [1.29, 1.82) is 0 Å². The highest BCUT2D eigenvalue weighted by Crippen LogP contribution is 1.97. The van der Waals surface area contributed by atoms with Gasteiger partial charge in [0, 0.05) is 12.6 Å². The second-order valence-electron chi connectivity index (χ2n) is 3.24. The van der Waals surface area contributed by atoms with Gasteiger partial charge in [-0.1, -0.05) is 19.9 Å². The topological polar surface area (TPSA) is 69.9 Å². The van der Waals surface area contributed by atoms with Crippen LogP contribution in [0.25, 0.3) is 0 Å². The maximum atomic E-state index is 11.2. The summed E-state index contributed by atoms with van der Waals surface area (Å²) in [5.41, 5.74) is 0. The maximum Gasteiger partial charge on any atom is 0.330 e. The number of ether oxygens (including phenoxy) is 1. The van der Waals surface area contributed by atoms with Crippen LogP contribution in [0.1, 0.15) is 32.5 Å². The number of nitrogens with zero attached hydrogens (tertiary/aromatic N) is 4. The molecule has 0 saturated carbocycles. The maximum absolute atomic E-state index is 11.2. The summed E-state index contributed by atoms with van der Waals surface area (Å²) in [5.74, 6) is 0.202. The number of aromatic nitrogens is 4. The van der Waals surface area contributed by atoms with Gasteiger partial charge in [0.1, 0.15) is 0 Å². The fourth-order valence-electron chi connectivity index (χ4n) is 1.11. The standard InChI is InChI=1S/C10H16N4O2/c1-3-5-6-10(15)16-8-9-11-12-13-14(9)7-4-2/h5-6H,3-4,7-8H2,1-2H3/b6-5+. The second kappa shape index (κ2) is 6.71. The Bertz CT molecular complexity index is 359. The predicted octanol–water partition coefficient (Wildman–Crippen LogP) is 1.09. The van der Waals surface area contributed by atoms with E-state index in [9.17, 15) is 4.79 Å². The van der Waals surface area contributed by atoms with Gasteiger partial charge in [-0.2, -0.15) is 0 Å². The van der Waals surface area contributed by atoms with Crippen LogP contribution in [-0.4, -0.2) is 26.2 Å². The number of carbonyl (C=O) groups excluding carboxylic acids is 1. The third-order valence-corrected chi connectivity index (χ3v) is 1.87. The number of rotatable bonds is 6. The average Bonchev–Trinajstić information content (AvgIpc) is 2.72. The van der Waals surface area contributed by atoms with Crippen molar-refractivity contribution in [2.45, 2.75) is 39.8 Å². The highest BCUT2D eigenvalue weighted by Gasteiger charge is 2.06. The molecule has 1 aromatic heterocycles. The van der Waals surface area contributed by atoms with Gasteiger partial charge >= 0.3 is 5.97 Å². The lowest BCUT2D eigenvalue weighted by Crippen LogP contribution is -2.09. The van der Waals surface area contributed by atoms with Gasteiger partial charge in [0.05, 0.1) is 0 Å². The molecule has 0 atom stereocenters. The van der Waals surface area contributed by atoms with Crippen LogP contribution in [0.5, 0.6) is 0 Å². The van der Waals surface area contributed by atoms with Gasteiger partial charge in [0.25, 0.3) is 0 Å². The zero-order chi connectivity index (χ0) is 11.8. The van der Waals surface area contributed by atoms with Crippen molar-refractivity contribution < 1.29 is 9.53 Å². The van der Waals surface area contributed by atoms with Gasteiger partial charge in [0.2, 0.25) is 0 Å². The molecule has 1 aromatic rings. The smallest absolute Gasteiger partial charge is 0.330 e. The van der Waals surface area contributed by atoms with E-state index in [1.165, 1.54) is 6.08 Å². The minimum Gasteiger partial charge on any atom is -0.454 e. The van der Waals surface area contributed by atoms with Crippen LogP contribution in [0, 0.1) is 0 Å². The molecule has 6 nitrogen and oxygen atoms in total. The lowest BCUT2D eigenvalue weighted by molar-refractivity contribution is -0.139. The fraction of sp³-hybridized carbons (Fsp3) is 0.600. The molecule has 16 heavy (non-hydrogen) atoms. The van der Waals surface area contributed by atoms with Crippen molar-refractivity contribution in [3.63, 3.8) is 0 Å². The van der Waals surface area contributed by atoms with Gasteiger partial charge in [-0.05, 0) is 23.3 Å². The van der Waals surface area contributed by atoms with Crippen LogP contribution in [-0.2, 0) is 22.7 Å². The van der Waals surface area contributed by atoms with Crippen LogP contribution in [0.2, 0.25) is 0 Å². The number of tetrazole rings is 1. The zero-order valence-electron chi connectivity index (χ0n) is 9.59. The van der Waals surface area contributed by atoms with Crippen molar-refractivity contribution in [2.24, 2.45) is 0 Å². The van der Waals surface area contributed by atoms with Crippen LogP contribution < -0.4 is 0 Å². The molecule has 0 aliphatic carbocycles. The molecule has 0 N–H and O–H groups in total. The average molecular weight is 224 g/mol. The first-order valence-corrected chi connectivity index (χ1v) is 5.36. The molecule has 1 heterocycles. The summed E-state index contributed by atoms with van der Waals surface area (Å²) in [4.78, 5) is 11.2. The van der Waals surface area contributed by atoms with Crippen molar-refractivity contribution in [3.05, 3.63) is 18.0 Å². The molecule has 1 rings (SSSR count). The molecular formula is C10H16N4O2. The second-order valence-corrected chi connectivity index (χ2v) is 3.24. The molecule has 88 valence electrons. The summed E-state index contributed by atoms with van der Waals surface area (Å²) in [6.07, 6.45) is 4.90. The SMILES string of the molecule is CC/C=C/C(=O)OCc1nnnn1CCC. The number of aryl methyl sites for hydroxylation is 1. The first kappa shape index (κ1) is 12.4. The molecule has 0 aromatic carbocycles. The van der Waals surface area contributed by atoms with Crippen molar-refractivity contribution in [1.82, 2.24) is 20.2 Å². The Kier molecular flexibility index (Phi) is 5.18. The number of hydrogen-bond acceptors (Lipinski definition) is 5. The van der Waals surface area contributed by atoms with E-state index in [0.29, 0.717) is 5.82 Å². The van der Waals surface area contributed by atoms with Crippen molar-refractivity contribution in [2.75, 3.05) is 0 Å². The highest BCUT2D eigenvalue weighted by molar-refractivity contribution is 5.81. The number of carbonyl (C=O) groups is 1. The molecule has 0 unspecified atom stereocenters. The number of esters is 1. The summed E-state index contributed by atoms with van der Waals surface area (Å²) < 4.78 is 6.62. The molecular weight excluding hydrogens is 208 g/mol. The van der Waals surface area contributed by atoms with E-state index in [0.717, 1.165) is 19.4 Å². The van der Waals surface area contributed by atoms with E-state index < -0.39 is 0 Å². The molecule has 0 amide bonds.